The number of guanidine groups is 1. The molecule has 0 saturated carbocycles. The Kier molecular flexibility index (Phi) is 11.2. The predicted molar refractivity (Wildman–Crippen MR) is 128 cm³/mol. The molecule has 0 radical (unpaired) electrons. The van der Waals surface area contributed by atoms with Crippen molar-refractivity contribution in [2.24, 2.45) is 4.99 Å². The maximum absolute atomic E-state index is 12.1. The maximum Gasteiger partial charge on any atom is 0.253 e. The number of nitrogens with zero attached hydrogens (tertiary/aromatic N) is 2. The fraction of sp³-hybridized carbons (Fsp3) is 0.440. The lowest BCUT2D eigenvalue weighted by molar-refractivity contribution is 0.0827. The highest BCUT2D eigenvalue weighted by atomic mass is 16.5. The Morgan fingerprint density at radius 1 is 0.903 bits per heavy atom. The molecule has 2 aromatic rings. The van der Waals surface area contributed by atoms with Gasteiger partial charge in [-0.25, -0.2) is 0 Å². The van der Waals surface area contributed by atoms with Crippen LogP contribution >= 0.6 is 0 Å². The molecule has 1 amide bonds. The van der Waals surface area contributed by atoms with Crippen LogP contribution in [0, 0.1) is 0 Å². The van der Waals surface area contributed by atoms with Crippen molar-refractivity contribution in [3.63, 3.8) is 0 Å². The fourth-order valence-corrected chi connectivity index (χ4v) is 3.14. The Bertz CT molecular complexity index is 806. The van der Waals surface area contributed by atoms with Crippen molar-refractivity contribution in [2.45, 2.75) is 25.7 Å². The first kappa shape index (κ1) is 24.4. The van der Waals surface area contributed by atoms with Gasteiger partial charge in [-0.05, 0) is 48.9 Å². The summed E-state index contributed by atoms with van der Waals surface area (Å²) in [5.41, 5.74) is 3.16. The number of benzene rings is 2. The van der Waals surface area contributed by atoms with Crippen molar-refractivity contribution in [3.05, 3.63) is 71.3 Å². The zero-order valence-electron chi connectivity index (χ0n) is 19.1. The van der Waals surface area contributed by atoms with E-state index >= 15 is 0 Å². The smallest absolute Gasteiger partial charge is 0.253 e. The van der Waals surface area contributed by atoms with Crippen LogP contribution < -0.4 is 10.6 Å². The van der Waals surface area contributed by atoms with Gasteiger partial charge >= 0.3 is 0 Å². The van der Waals surface area contributed by atoms with Crippen molar-refractivity contribution in [1.82, 2.24) is 15.5 Å². The number of hydrogen-bond donors (Lipinski definition) is 2. The van der Waals surface area contributed by atoms with Crippen molar-refractivity contribution >= 4 is 11.9 Å². The molecule has 2 rings (SSSR count). The number of aliphatic imine (C=N–C) groups is 1. The summed E-state index contributed by atoms with van der Waals surface area (Å²) >= 11 is 0. The third-order valence-electron chi connectivity index (χ3n) is 4.90. The number of carbonyl (C=O) groups is 1. The summed E-state index contributed by atoms with van der Waals surface area (Å²) in [5.74, 6) is 0.821. The second kappa shape index (κ2) is 14.2. The van der Waals surface area contributed by atoms with E-state index in [1.165, 1.54) is 5.56 Å². The van der Waals surface area contributed by atoms with Gasteiger partial charge in [0, 0.05) is 46.4 Å². The van der Waals surface area contributed by atoms with Crippen LogP contribution in [0.1, 0.15) is 34.3 Å². The van der Waals surface area contributed by atoms with Gasteiger partial charge in [0.1, 0.15) is 0 Å². The molecule has 31 heavy (non-hydrogen) atoms. The van der Waals surface area contributed by atoms with E-state index in [-0.39, 0.29) is 5.91 Å². The third kappa shape index (κ3) is 9.66. The van der Waals surface area contributed by atoms with Crippen molar-refractivity contribution < 1.29 is 9.53 Å². The second-order valence-electron chi connectivity index (χ2n) is 7.63. The number of nitrogens with one attached hydrogen (secondary N) is 2. The number of amides is 1. The highest BCUT2D eigenvalue weighted by Gasteiger charge is 2.08. The first-order valence-corrected chi connectivity index (χ1v) is 11.0. The molecule has 0 aromatic heterocycles. The molecule has 2 aromatic carbocycles. The van der Waals surface area contributed by atoms with Gasteiger partial charge in [0.25, 0.3) is 5.91 Å². The third-order valence-corrected chi connectivity index (χ3v) is 4.90. The van der Waals surface area contributed by atoms with Gasteiger partial charge in [0.15, 0.2) is 5.96 Å². The molecule has 0 spiro atoms. The summed E-state index contributed by atoms with van der Waals surface area (Å²) in [6.07, 6.45) is 3.83. The average molecular weight is 425 g/mol. The summed E-state index contributed by atoms with van der Waals surface area (Å²) in [7, 11) is 5.31. The Balaban J connectivity index is 1.55. The van der Waals surface area contributed by atoms with Gasteiger partial charge in [0.05, 0.1) is 6.61 Å². The lowest BCUT2D eigenvalue weighted by Crippen LogP contribution is -2.38. The number of unbranched alkanes of at least 4 members (excludes halogenated alkanes) is 1. The van der Waals surface area contributed by atoms with Crippen LogP contribution in [-0.4, -0.2) is 64.2 Å². The summed E-state index contributed by atoms with van der Waals surface area (Å²) in [6.45, 7) is 3.15. The first-order valence-electron chi connectivity index (χ1n) is 11.0. The molecular weight excluding hydrogens is 388 g/mol. The SMILES string of the molecule is CN=C(NCCCCOCCc1ccccc1)NCCc1cccc(C(=O)N(C)C)c1. The fourth-order valence-electron chi connectivity index (χ4n) is 3.14. The molecule has 168 valence electrons. The topological polar surface area (TPSA) is 66.0 Å². The quantitative estimate of drug-likeness (QED) is 0.312. The molecule has 0 aliphatic rings. The molecule has 6 nitrogen and oxygen atoms in total. The maximum atomic E-state index is 12.1. The predicted octanol–water partition coefficient (Wildman–Crippen LogP) is 3.14. The van der Waals surface area contributed by atoms with Gasteiger partial charge in [-0.1, -0.05) is 42.5 Å². The molecule has 0 aliphatic carbocycles. The van der Waals surface area contributed by atoms with Crippen LogP contribution in [0.4, 0.5) is 0 Å². The summed E-state index contributed by atoms with van der Waals surface area (Å²) in [6, 6.07) is 18.2. The molecule has 0 heterocycles. The van der Waals surface area contributed by atoms with Gasteiger partial charge in [0.2, 0.25) is 0 Å². The molecule has 0 fully saturated rings. The number of hydrogen-bond acceptors (Lipinski definition) is 3. The molecule has 0 atom stereocenters. The zero-order chi connectivity index (χ0) is 22.3. The minimum absolute atomic E-state index is 0.0244. The van der Waals surface area contributed by atoms with Crippen LogP contribution in [0.3, 0.4) is 0 Å². The lowest BCUT2D eigenvalue weighted by atomic mass is 10.1. The highest BCUT2D eigenvalue weighted by molar-refractivity contribution is 5.94. The van der Waals surface area contributed by atoms with Crippen LogP contribution in [0.25, 0.3) is 0 Å². The van der Waals surface area contributed by atoms with Crippen LogP contribution in [0.2, 0.25) is 0 Å². The molecule has 2 N–H and O–H groups in total. The standard InChI is InChI=1S/C25H36N4O2/c1-26-25(27-16-7-8-18-31-19-15-21-10-5-4-6-11-21)28-17-14-22-12-9-13-23(20-22)24(30)29(2)3/h4-6,9-13,20H,7-8,14-19H2,1-3H3,(H2,26,27,28). The Labute approximate surface area is 186 Å². The van der Waals surface area contributed by atoms with E-state index in [0.717, 1.165) is 69.1 Å². The number of rotatable bonds is 12. The van der Waals surface area contributed by atoms with Crippen molar-refractivity contribution in [2.75, 3.05) is 47.4 Å². The van der Waals surface area contributed by atoms with E-state index in [1.807, 2.05) is 30.3 Å². The van der Waals surface area contributed by atoms with Crippen molar-refractivity contribution in [1.29, 1.82) is 0 Å². The van der Waals surface area contributed by atoms with Gasteiger partial charge < -0.3 is 20.3 Å². The summed E-state index contributed by atoms with van der Waals surface area (Å²) in [5, 5.41) is 6.67. The van der Waals surface area contributed by atoms with Crippen LogP contribution in [-0.2, 0) is 17.6 Å². The average Bonchev–Trinajstić information content (AvgIpc) is 2.79. The van der Waals surface area contributed by atoms with E-state index in [4.69, 9.17) is 4.74 Å². The number of ether oxygens (including phenoxy) is 1. The Morgan fingerprint density at radius 3 is 2.39 bits per heavy atom. The normalized spacial score (nSPS) is 11.3. The molecule has 0 unspecified atom stereocenters. The minimum Gasteiger partial charge on any atom is -0.381 e. The minimum atomic E-state index is 0.0244. The van der Waals surface area contributed by atoms with Crippen LogP contribution in [0.5, 0.6) is 0 Å². The Hall–Kier alpha value is -2.86. The van der Waals surface area contributed by atoms with E-state index in [9.17, 15) is 4.79 Å². The second-order valence-corrected chi connectivity index (χ2v) is 7.63. The molecular formula is C25H36N4O2. The van der Waals surface area contributed by atoms with E-state index in [0.29, 0.717) is 0 Å². The monoisotopic (exact) mass is 424 g/mol. The van der Waals surface area contributed by atoms with E-state index in [1.54, 1.807) is 26.0 Å². The van der Waals surface area contributed by atoms with E-state index in [2.05, 4.69) is 39.9 Å². The largest absolute Gasteiger partial charge is 0.381 e. The van der Waals surface area contributed by atoms with Gasteiger partial charge in [-0.2, -0.15) is 0 Å². The Morgan fingerprint density at radius 2 is 1.65 bits per heavy atom. The number of carbonyl (C=O) groups excluding carboxylic acids is 1. The highest BCUT2D eigenvalue weighted by Crippen LogP contribution is 2.07. The molecule has 0 bridgehead atoms. The molecule has 6 heteroatoms. The zero-order valence-corrected chi connectivity index (χ0v) is 19.1. The summed E-state index contributed by atoms with van der Waals surface area (Å²) < 4.78 is 5.73. The molecule has 0 saturated heterocycles. The van der Waals surface area contributed by atoms with Crippen molar-refractivity contribution in [3.8, 4) is 0 Å². The van der Waals surface area contributed by atoms with E-state index < -0.39 is 0 Å². The first-order chi connectivity index (χ1) is 15.1. The van der Waals surface area contributed by atoms with Crippen LogP contribution in [0.15, 0.2) is 59.6 Å². The summed E-state index contributed by atoms with van der Waals surface area (Å²) in [4.78, 5) is 18.0. The molecule has 0 aliphatic heterocycles. The lowest BCUT2D eigenvalue weighted by Gasteiger charge is -2.13. The van der Waals surface area contributed by atoms with Gasteiger partial charge in [-0.15, -0.1) is 0 Å². The van der Waals surface area contributed by atoms with Gasteiger partial charge in [-0.3, -0.25) is 9.79 Å².